The third-order valence-corrected chi connectivity index (χ3v) is 7.55. The van der Waals surface area contributed by atoms with Gasteiger partial charge in [-0.1, -0.05) is 77.5 Å². The van der Waals surface area contributed by atoms with Gasteiger partial charge in [0.15, 0.2) is 10.7 Å². The minimum Gasteiger partial charge on any atom is -0.486 e. The van der Waals surface area contributed by atoms with Crippen molar-refractivity contribution in [3.05, 3.63) is 114 Å². The number of ether oxygens (including phenoxy) is 1. The van der Waals surface area contributed by atoms with E-state index >= 15 is 0 Å². The molecule has 0 N–H and O–H groups in total. The van der Waals surface area contributed by atoms with Crippen LogP contribution in [0.5, 0.6) is 5.75 Å². The van der Waals surface area contributed by atoms with Gasteiger partial charge in [0, 0.05) is 0 Å². The van der Waals surface area contributed by atoms with Crippen molar-refractivity contribution >= 4 is 71.7 Å². The summed E-state index contributed by atoms with van der Waals surface area (Å²) in [5.41, 5.74) is 3.44. The average Bonchev–Trinajstić information content (AvgIpc) is 3.34. The molecule has 4 nitrogen and oxygen atoms in total. The van der Waals surface area contributed by atoms with E-state index in [1.807, 2.05) is 60.7 Å². The van der Waals surface area contributed by atoms with E-state index in [1.165, 1.54) is 16.7 Å². The smallest absolute Gasteiger partial charge is 0.274 e. The maximum absolute atomic E-state index is 13.0. The summed E-state index contributed by atoms with van der Waals surface area (Å²) in [7, 11) is 0. The molecule has 0 amide bonds. The first kappa shape index (κ1) is 21.4. The molecule has 2 aromatic heterocycles. The van der Waals surface area contributed by atoms with E-state index in [1.54, 1.807) is 4.40 Å². The summed E-state index contributed by atoms with van der Waals surface area (Å²) in [6.07, 6.45) is 1.83. The molecule has 0 aliphatic rings. The molecule has 0 saturated carbocycles. The molecule has 6 rings (SSSR count). The van der Waals surface area contributed by atoms with Crippen molar-refractivity contribution < 1.29 is 4.74 Å². The Kier molecular flexibility index (Phi) is 5.37. The molecule has 34 heavy (non-hydrogen) atoms. The zero-order valence-electron chi connectivity index (χ0n) is 17.7. The van der Waals surface area contributed by atoms with Crippen LogP contribution in [0, 0.1) is 0 Å². The molecule has 0 unspecified atom stereocenters. The number of hydrogen-bond donors (Lipinski definition) is 0. The van der Waals surface area contributed by atoms with Crippen molar-refractivity contribution in [3.8, 4) is 5.75 Å². The van der Waals surface area contributed by atoms with Gasteiger partial charge in [0.1, 0.15) is 6.61 Å². The van der Waals surface area contributed by atoms with Crippen LogP contribution in [0.25, 0.3) is 32.8 Å². The second-order valence-corrected chi connectivity index (χ2v) is 10.1. The summed E-state index contributed by atoms with van der Waals surface area (Å²) in [4.78, 5) is 18.3. The fraction of sp³-hybridized carbons (Fsp3) is 0.0370. The topological polar surface area (TPSA) is 43.6 Å². The van der Waals surface area contributed by atoms with Crippen LogP contribution in [0.2, 0.25) is 5.02 Å². The molecule has 0 fully saturated rings. The van der Waals surface area contributed by atoms with Gasteiger partial charge < -0.3 is 4.74 Å². The van der Waals surface area contributed by atoms with Crippen molar-refractivity contribution in [2.75, 3.05) is 0 Å². The monoisotopic (exact) mass is 546 g/mol. The summed E-state index contributed by atoms with van der Waals surface area (Å²) >= 11 is 11.5. The predicted molar refractivity (Wildman–Crippen MR) is 143 cm³/mol. The van der Waals surface area contributed by atoms with Gasteiger partial charge in [-0.2, -0.15) is 0 Å². The fourth-order valence-electron chi connectivity index (χ4n) is 4.13. The Balaban J connectivity index is 1.34. The van der Waals surface area contributed by atoms with Crippen molar-refractivity contribution in [3.63, 3.8) is 0 Å². The Morgan fingerprint density at radius 3 is 2.71 bits per heavy atom. The Labute approximate surface area is 211 Å². The molecule has 0 aliphatic carbocycles. The van der Waals surface area contributed by atoms with Crippen LogP contribution < -0.4 is 14.8 Å². The number of imidazole rings is 1. The Hall–Kier alpha value is -3.19. The molecule has 2 heterocycles. The van der Waals surface area contributed by atoms with Crippen molar-refractivity contribution in [1.29, 1.82) is 0 Å². The first-order chi connectivity index (χ1) is 16.6. The van der Waals surface area contributed by atoms with Gasteiger partial charge >= 0.3 is 0 Å². The molecule has 0 bridgehead atoms. The normalized spacial score (nSPS) is 12.2. The summed E-state index contributed by atoms with van der Waals surface area (Å²) in [6, 6.07) is 25.7. The highest BCUT2D eigenvalue weighted by Gasteiger charge is 2.13. The lowest BCUT2D eigenvalue weighted by atomic mass is 10.1. The number of hydrogen-bond acceptors (Lipinski definition) is 4. The summed E-state index contributed by atoms with van der Waals surface area (Å²) in [6.45, 7) is 0.392. The van der Waals surface area contributed by atoms with Gasteiger partial charge in [-0.05, 0) is 68.2 Å². The van der Waals surface area contributed by atoms with Crippen LogP contribution in [0.3, 0.4) is 0 Å². The van der Waals surface area contributed by atoms with Crippen molar-refractivity contribution in [2.45, 2.75) is 6.61 Å². The molecule has 0 radical (unpaired) electrons. The molecule has 7 heteroatoms. The van der Waals surface area contributed by atoms with E-state index < -0.39 is 0 Å². The van der Waals surface area contributed by atoms with Crippen LogP contribution in [-0.4, -0.2) is 9.38 Å². The summed E-state index contributed by atoms with van der Waals surface area (Å²) < 4.78 is 9.09. The first-order valence-corrected chi connectivity index (χ1v) is 12.6. The molecular formula is C27H16BrClN2O2S. The fourth-order valence-corrected chi connectivity index (χ4v) is 6.11. The van der Waals surface area contributed by atoms with Crippen molar-refractivity contribution in [1.82, 2.24) is 9.38 Å². The SMILES string of the molecule is O=c1/c(=C/c2cc(Cl)c(OCc3cccc4ccccc34)c(Br)c2)sc2nc3ccccc3n12. The van der Waals surface area contributed by atoms with Crippen LogP contribution in [0.4, 0.5) is 0 Å². The highest BCUT2D eigenvalue weighted by atomic mass is 79.9. The zero-order chi connectivity index (χ0) is 23.2. The standard InChI is InChI=1S/C27H16BrClN2O2S/c28-20-12-16(14-24-26(32)31-23-11-4-3-10-22(23)30-27(31)34-24)13-21(29)25(20)33-15-18-8-5-7-17-6-1-2-9-19(17)18/h1-14H,15H2/b24-14-. The third kappa shape index (κ3) is 3.68. The Bertz CT molecular complexity index is 1800. The molecule has 4 aromatic carbocycles. The highest BCUT2D eigenvalue weighted by Crippen LogP contribution is 2.35. The average molecular weight is 548 g/mol. The van der Waals surface area contributed by atoms with Gasteiger partial charge in [-0.25, -0.2) is 9.38 Å². The molecule has 0 atom stereocenters. The number of nitrogens with zero attached hydrogens (tertiary/aromatic N) is 2. The predicted octanol–water partition coefficient (Wildman–Crippen LogP) is 6.61. The molecule has 166 valence electrons. The first-order valence-electron chi connectivity index (χ1n) is 10.6. The van der Waals surface area contributed by atoms with Gasteiger partial charge in [-0.15, -0.1) is 0 Å². The van der Waals surface area contributed by atoms with E-state index in [9.17, 15) is 4.79 Å². The lowest BCUT2D eigenvalue weighted by Crippen LogP contribution is -2.22. The number of benzene rings is 4. The Morgan fingerprint density at radius 2 is 1.82 bits per heavy atom. The summed E-state index contributed by atoms with van der Waals surface area (Å²) in [5, 5.41) is 2.79. The highest BCUT2D eigenvalue weighted by molar-refractivity contribution is 9.10. The quantitative estimate of drug-likeness (QED) is 0.250. The van der Waals surface area contributed by atoms with E-state index in [2.05, 4.69) is 45.2 Å². The minimum atomic E-state index is -0.0859. The van der Waals surface area contributed by atoms with E-state index in [-0.39, 0.29) is 5.56 Å². The van der Waals surface area contributed by atoms with Gasteiger partial charge in [0.05, 0.1) is 25.1 Å². The molecular weight excluding hydrogens is 532 g/mol. The van der Waals surface area contributed by atoms with Crippen LogP contribution in [0.1, 0.15) is 11.1 Å². The van der Waals surface area contributed by atoms with Crippen LogP contribution >= 0.6 is 38.9 Å². The van der Waals surface area contributed by atoms with E-state index in [4.69, 9.17) is 16.3 Å². The summed E-state index contributed by atoms with van der Waals surface area (Å²) in [5.74, 6) is 0.570. The van der Waals surface area contributed by atoms with Crippen molar-refractivity contribution in [2.24, 2.45) is 0 Å². The third-order valence-electron chi connectivity index (χ3n) is 5.72. The number of fused-ring (bicyclic) bond motifs is 4. The van der Waals surface area contributed by atoms with Gasteiger partial charge in [-0.3, -0.25) is 4.79 Å². The lowest BCUT2D eigenvalue weighted by Gasteiger charge is -2.12. The van der Waals surface area contributed by atoms with Crippen LogP contribution in [0.15, 0.2) is 88.1 Å². The molecule has 6 aromatic rings. The van der Waals surface area contributed by atoms with Gasteiger partial charge in [0.2, 0.25) is 0 Å². The maximum Gasteiger partial charge on any atom is 0.274 e. The molecule has 0 saturated heterocycles. The Morgan fingerprint density at radius 1 is 1.03 bits per heavy atom. The molecule has 0 spiro atoms. The minimum absolute atomic E-state index is 0.0859. The number of halogens is 2. The van der Waals surface area contributed by atoms with Crippen LogP contribution in [-0.2, 0) is 6.61 Å². The second-order valence-electron chi connectivity index (χ2n) is 7.87. The number of para-hydroxylation sites is 2. The number of thiazole rings is 1. The second kappa shape index (κ2) is 8.55. The van der Waals surface area contributed by atoms with E-state index in [0.29, 0.717) is 26.9 Å². The maximum atomic E-state index is 13.0. The largest absolute Gasteiger partial charge is 0.486 e. The van der Waals surface area contributed by atoms with Gasteiger partial charge in [0.25, 0.3) is 5.56 Å². The van der Waals surface area contributed by atoms with E-state index in [0.717, 1.165) is 32.0 Å². The molecule has 0 aliphatic heterocycles. The zero-order valence-corrected chi connectivity index (χ0v) is 20.8. The lowest BCUT2D eigenvalue weighted by molar-refractivity contribution is 0.306. The number of aromatic nitrogens is 2. The number of rotatable bonds is 4.